The average molecular weight is 404 g/mol. The second kappa shape index (κ2) is 7.57. The summed E-state index contributed by atoms with van der Waals surface area (Å²) in [5.74, 6) is -1.13. The summed E-state index contributed by atoms with van der Waals surface area (Å²) in [6.45, 7) is 1.82. The molecule has 3 aromatic carbocycles. The Kier molecular flexibility index (Phi) is 4.95. The zero-order valence-electron chi connectivity index (χ0n) is 15.7. The Morgan fingerprint density at radius 1 is 0.931 bits per heavy atom. The van der Waals surface area contributed by atoms with Crippen LogP contribution in [0.5, 0.6) is 0 Å². The number of hydrogen-bond acceptors (Lipinski definition) is 2. The number of fused-ring (bicyclic) bond motifs is 1. The zero-order chi connectivity index (χ0) is 20.5. The van der Waals surface area contributed by atoms with Gasteiger partial charge in [0.2, 0.25) is 0 Å². The molecule has 29 heavy (non-hydrogen) atoms. The molecule has 0 bridgehead atoms. The molecule has 4 rings (SSSR count). The molecule has 0 saturated heterocycles. The highest BCUT2D eigenvalue weighted by atomic mass is 35.5. The van der Waals surface area contributed by atoms with E-state index in [1.165, 1.54) is 5.56 Å². The van der Waals surface area contributed by atoms with Gasteiger partial charge in [-0.15, -0.1) is 0 Å². The Morgan fingerprint density at radius 3 is 2.24 bits per heavy atom. The van der Waals surface area contributed by atoms with E-state index in [-0.39, 0.29) is 12.3 Å². The lowest BCUT2D eigenvalue weighted by Gasteiger charge is -2.06. The molecular weight excluding hydrogens is 386 g/mol. The molecule has 0 spiro atoms. The second-order valence-corrected chi connectivity index (χ2v) is 7.43. The van der Waals surface area contributed by atoms with Crippen LogP contribution in [0.1, 0.15) is 21.5 Å². The van der Waals surface area contributed by atoms with E-state index in [1.807, 2.05) is 49.4 Å². The maximum atomic E-state index is 13.2. The van der Waals surface area contributed by atoms with Crippen molar-refractivity contribution in [1.29, 1.82) is 0 Å². The SMILES string of the molecule is Cc1ccc(-c2ccc3c(c2)c(C(=O)c2ccc(Cl)cc2)cn3CC(=O)O)cc1. The van der Waals surface area contributed by atoms with Gasteiger partial charge < -0.3 is 9.67 Å². The molecule has 4 nitrogen and oxygen atoms in total. The first-order chi connectivity index (χ1) is 13.9. The molecule has 0 atom stereocenters. The van der Waals surface area contributed by atoms with Crippen LogP contribution in [0.3, 0.4) is 0 Å². The number of carboxylic acids is 1. The standard InChI is InChI=1S/C24H18ClNO3/c1-15-2-4-16(5-3-15)18-8-11-22-20(12-18)21(13-26(22)14-23(27)28)24(29)17-6-9-19(25)10-7-17/h2-13H,14H2,1H3,(H,27,28). The number of carbonyl (C=O) groups excluding carboxylic acids is 1. The van der Waals surface area contributed by atoms with E-state index in [0.717, 1.165) is 16.5 Å². The number of carboxylic acid groups (broad SMARTS) is 1. The number of benzene rings is 3. The lowest BCUT2D eigenvalue weighted by molar-refractivity contribution is -0.137. The van der Waals surface area contributed by atoms with Gasteiger partial charge in [-0.3, -0.25) is 9.59 Å². The molecule has 4 aromatic rings. The predicted octanol–water partition coefficient (Wildman–Crippen LogP) is 5.59. The fourth-order valence-electron chi connectivity index (χ4n) is 3.44. The van der Waals surface area contributed by atoms with Crippen molar-refractivity contribution in [2.24, 2.45) is 0 Å². The molecule has 0 aliphatic rings. The first-order valence-electron chi connectivity index (χ1n) is 9.14. The summed E-state index contributed by atoms with van der Waals surface area (Å²) in [5, 5.41) is 10.5. The second-order valence-electron chi connectivity index (χ2n) is 7.00. The number of rotatable bonds is 5. The Morgan fingerprint density at radius 2 is 1.59 bits per heavy atom. The Hall–Kier alpha value is -3.37. The lowest BCUT2D eigenvalue weighted by Crippen LogP contribution is -2.07. The molecular formula is C24H18ClNO3. The van der Waals surface area contributed by atoms with Crippen LogP contribution >= 0.6 is 11.6 Å². The fourth-order valence-corrected chi connectivity index (χ4v) is 3.56. The summed E-state index contributed by atoms with van der Waals surface area (Å²) < 4.78 is 1.60. The minimum atomic E-state index is -0.963. The highest BCUT2D eigenvalue weighted by Gasteiger charge is 2.18. The van der Waals surface area contributed by atoms with E-state index in [1.54, 1.807) is 35.0 Å². The van der Waals surface area contributed by atoms with E-state index >= 15 is 0 Å². The van der Waals surface area contributed by atoms with Gasteiger partial charge in [0.15, 0.2) is 5.78 Å². The number of ketones is 1. The van der Waals surface area contributed by atoms with E-state index in [0.29, 0.717) is 21.7 Å². The summed E-state index contributed by atoms with van der Waals surface area (Å²) in [7, 11) is 0. The maximum absolute atomic E-state index is 13.2. The number of aryl methyl sites for hydroxylation is 1. The fraction of sp³-hybridized carbons (Fsp3) is 0.0833. The zero-order valence-corrected chi connectivity index (χ0v) is 16.5. The van der Waals surface area contributed by atoms with Crippen molar-refractivity contribution < 1.29 is 14.7 Å². The minimum Gasteiger partial charge on any atom is -0.480 e. The monoisotopic (exact) mass is 403 g/mol. The van der Waals surface area contributed by atoms with Gasteiger partial charge in [-0.25, -0.2) is 0 Å². The number of aromatic nitrogens is 1. The first kappa shape index (κ1) is 19.0. The molecule has 0 aliphatic carbocycles. The summed E-state index contributed by atoms with van der Waals surface area (Å²) >= 11 is 5.94. The molecule has 0 unspecified atom stereocenters. The normalized spacial score (nSPS) is 11.0. The van der Waals surface area contributed by atoms with Crippen molar-refractivity contribution in [2.45, 2.75) is 13.5 Å². The van der Waals surface area contributed by atoms with Crippen LogP contribution in [0.4, 0.5) is 0 Å². The highest BCUT2D eigenvalue weighted by molar-refractivity contribution is 6.30. The van der Waals surface area contributed by atoms with Gasteiger partial charge in [0, 0.05) is 33.2 Å². The molecule has 144 valence electrons. The third kappa shape index (κ3) is 3.80. The van der Waals surface area contributed by atoms with E-state index in [4.69, 9.17) is 11.6 Å². The molecule has 1 N–H and O–H groups in total. The Balaban J connectivity index is 1.88. The molecule has 5 heteroatoms. The number of nitrogens with zero attached hydrogens (tertiary/aromatic N) is 1. The van der Waals surface area contributed by atoms with Gasteiger partial charge in [-0.2, -0.15) is 0 Å². The van der Waals surface area contributed by atoms with Gasteiger partial charge in [0.25, 0.3) is 0 Å². The highest BCUT2D eigenvalue weighted by Crippen LogP contribution is 2.30. The molecule has 0 amide bonds. The smallest absolute Gasteiger partial charge is 0.323 e. The first-order valence-corrected chi connectivity index (χ1v) is 9.52. The van der Waals surface area contributed by atoms with E-state index in [9.17, 15) is 14.7 Å². The minimum absolute atomic E-state index is 0.170. The summed E-state index contributed by atoms with van der Waals surface area (Å²) in [6.07, 6.45) is 1.62. The third-order valence-electron chi connectivity index (χ3n) is 4.92. The van der Waals surface area contributed by atoms with Crippen molar-refractivity contribution in [3.63, 3.8) is 0 Å². The summed E-state index contributed by atoms with van der Waals surface area (Å²) in [6, 6.07) is 20.6. The van der Waals surface area contributed by atoms with Crippen LogP contribution in [0.25, 0.3) is 22.0 Å². The molecule has 0 radical (unpaired) electrons. The van der Waals surface area contributed by atoms with Gasteiger partial charge in [0.05, 0.1) is 0 Å². The van der Waals surface area contributed by atoms with Crippen LogP contribution in [0.2, 0.25) is 5.02 Å². The van der Waals surface area contributed by atoms with Crippen molar-refractivity contribution in [2.75, 3.05) is 0 Å². The Bertz CT molecular complexity index is 1220. The van der Waals surface area contributed by atoms with Gasteiger partial charge in [0.1, 0.15) is 6.54 Å². The molecule has 0 saturated carbocycles. The van der Waals surface area contributed by atoms with Crippen LogP contribution in [-0.2, 0) is 11.3 Å². The van der Waals surface area contributed by atoms with Gasteiger partial charge >= 0.3 is 5.97 Å². The number of halogens is 1. The molecule has 1 heterocycles. The topological polar surface area (TPSA) is 59.3 Å². The molecule has 0 aliphatic heterocycles. The van der Waals surface area contributed by atoms with Crippen LogP contribution in [0.15, 0.2) is 72.9 Å². The van der Waals surface area contributed by atoms with Gasteiger partial charge in [-0.05, 0) is 54.4 Å². The largest absolute Gasteiger partial charge is 0.480 e. The summed E-state index contributed by atoms with van der Waals surface area (Å²) in [4.78, 5) is 24.5. The molecule has 0 fully saturated rings. The van der Waals surface area contributed by atoms with E-state index in [2.05, 4.69) is 0 Å². The Labute approximate surface area is 173 Å². The molecule has 1 aromatic heterocycles. The number of hydrogen-bond donors (Lipinski definition) is 1. The summed E-state index contributed by atoms with van der Waals surface area (Å²) in [5.41, 5.74) is 4.85. The van der Waals surface area contributed by atoms with Crippen molar-refractivity contribution >= 4 is 34.3 Å². The number of carbonyl (C=O) groups is 2. The van der Waals surface area contributed by atoms with E-state index < -0.39 is 5.97 Å². The predicted molar refractivity (Wildman–Crippen MR) is 115 cm³/mol. The number of aliphatic carboxylic acids is 1. The van der Waals surface area contributed by atoms with Crippen molar-refractivity contribution in [3.8, 4) is 11.1 Å². The van der Waals surface area contributed by atoms with Crippen molar-refractivity contribution in [3.05, 3.63) is 94.6 Å². The van der Waals surface area contributed by atoms with Crippen molar-refractivity contribution in [1.82, 2.24) is 4.57 Å². The lowest BCUT2D eigenvalue weighted by atomic mass is 9.98. The van der Waals surface area contributed by atoms with Crippen LogP contribution in [0, 0.1) is 6.92 Å². The van der Waals surface area contributed by atoms with Crippen LogP contribution < -0.4 is 0 Å². The van der Waals surface area contributed by atoms with Gasteiger partial charge in [-0.1, -0.05) is 47.5 Å². The van der Waals surface area contributed by atoms with Crippen LogP contribution in [-0.4, -0.2) is 21.4 Å². The third-order valence-corrected chi connectivity index (χ3v) is 5.17. The maximum Gasteiger partial charge on any atom is 0.323 e. The average Bonchev–Trinajstić information content (AvgIpc) is 3.05. The quantitative estimate of drug-likeness (QED) is 0.442.